The van der Waals surface area contributed by atoms with E-state index >= 15 is 0 Å². The molecule has 0 aliphatic heterocycles. The Bertz CT molecular complexity index is 731. The molecule has 0 saturated heterocycles. The third kappa shape index (κ3) is 2.20. The van der Waals surface area contributed by atoms with E-state index in [1.54, 1.807) is 23.5 Å². The van der Waals surface area contributed by atoms with Crippen LogP contribution in [0, 0.1) is 5.82 Å². The van der Waals surface area contributed by atoms with Crippen LogP contribution in [-0.4, -0.2) is 5.16 Å². The van der Waals surface area contributed by atoms with Crippen molar-refractivity contribution in [2.45, 2.75) is 13.3 Å². The van der Waals surface area contributed by atoms with Crippen LogP contribution in [0.2, 0.25) is 0 Å². The van der Waals surface area contributed by atoms with Gasteiger partial charge in [0.1, 0.15) is 11.5 Å². The normalized spacial score (nSPS) is 10.9. The zero-order valence-electron chi connectivity index (χ0n) is 10.9. The number of nitrogens with two attached hydrogens (primary N) is 1. The quantitative estimate of drug-likeness (QED) is 0.779. The number of halogens is 1. The molecule has 3 nitrogen and oxygen atoms in total. The second-order valence-corrected chi connectivity index (χ2v) is 5.57. The van der Waals surface area contributed by atoms with Gasteiger partial charge in [-0.2, -0.15) is 0 Å². The van der Waals surface area contributed by atoms with Crippen molar-refractivity contribution < 1.29 is 8.91 Å². The summed E-state index contributed by atoms with van der Waals surface area (Å²) in [6.07, 6.45) is 0.976. The van der Waals surface area contributed by atoms with Crippen LogP contribution in [0.3, 0.4) is 0 Å². The third-order valence-electron chi connectivity index (χ3n) is 3.09. The number of hydrogen-bond donors (Lipinski definition) is 1. The van der Waals surface area contributed by atoms with Crippen LogP contribution in [0.5, 0.6) is 0 Å². The number of aromatic nitrogens is 1. The van der Waals surface area contributed by atoms with E-state index in [9.17, 15) is 4.39 Å². The second kappa shape index (κ2) is 5.09. The Morgan fingerprint density at radius 2 is 1.95 bits per heavy atom. The molecule has 2 aromatic heterocycles. The minimum Gasteiger partial charge on any atom is -0.367 e. The van der Waals surface area contributed by atoms with E-state index in [2.05, 4.69) is 18.1 Å². The van der Waals surface area contributed by atoms with Crippen LogP contribution in [0.25, 0.3) is 21.7 Å². The summed E-state index contributed by atoms with van der Waals surface area (Å²) >= 11 is 1.66. The first-order valence-corrected chi connectivity index (χ1v) is 7.11. The Morgan fingerprint density at radius 3 is 2.60 bits per heavy atom. The lowest BCUT2D eigenvalue weighted by atomic mass is 10.0. The van der Waals surface area contributed by atoms with Gasteiger partial charge in [0.25, 0.3) is 0 Å². The van der Waals surface area contributed by atoms with Gasteiger partial charge in [0.05, 0.1) is 10.4 Å². The van der Waals surface area contributed by atoms with Crippen molar-refractivity contribution in [3.8, 4) is 21.7 Å². The molecule has 2 N–H and O–H groups in total. The number of nitrogen functional groups attached to an aromatic ring is 1. The van der Waals surface area contributed by atoms with Crippen molar-refractivity contribution >= 4 is 17.2 Å². The molecule has 0 fully saturated rings. The first-order valence-electron chi connectivity index (χ1n) is 6.29. The Morgan fingerprint density at radius 1 is 1.20 bits per heavy atom. The van der Waals surface area contributed by atoms with Crippen molar-refractivity contribution in [3.05, 3.63) is 47.1 Å². The van der Waals surface area contributed by atoms with Gasteiger partial charge in [-0.05, 0) is 36.2 Å². The third-order valence-corrected chi connectivity index (χ3v) is 4.33. The van der Waals surface area contributed by atoms with Gasteiger partial charge in [-0.1, -0.05) is 24.2 Å². The summed E-state index contributed by atoms with van der Waals surface area (Å²) in [6.45, 7) is 2.10. The SMILES string of the molecule is CCc1ccc(-c2noc(N)c2-c2ccc(F)cc2)s1. The number of hydrogen-bond acceptors (Lipinski definition) is 4. The van der Waals surface area contributed by atoms with Gasteiger partial charge in [0, 0.05) is 4.88 Å². The first kappa shape index (κ1) is 12.9. The number of benzene rings is 1. The van der Waals surface area contributed by atoms with Crippen LogP contribution < -0.4 is 5.73 Å². The van der Waals surface area contributed by atoms with Crippen LogP contribution in [0.1, 0.15) is 11.8 Å². The summed E-state index contributed by atoms with van der Waals surface area (Å²) in [4.78, 5) is 2.27. The zero-order chi connectivity index (χ0) is 14.1. The maximum absolute atomic E-state index is 13.0. The standard InChI is InChI=1S/C15H13FN2OS/c1-2-11-7-8-12(20-11)14-13(15(17)19-18-14)9-3-5-10(16)6-4-9/h3-8H,2,17H2,1H3. The predicted octanol–water partition coefficient (Wildman–Crippen LogP) is 4.35. The highest BCUT2D eigenvalue weighted by Crippen LogP contribution is 2.39. The average molecular weight is 288 g/mol. The fourth-order valence-corrected chi connectivity index (χ4v) is 3.00. The molecule has 102 valence electrons. The highest BCUT2D eigenvalue weighted by atomic mass is 32.1. The summed E-state index contributed by atoms with van der Waals surface area (Å²) in [7, 11) is 0. The lowest BCUT2D eigenvalue weighted by molar-refractivity contribution is 0.439. The Hall–Kier alpha value is -2.14. The molecule has 0 unspecified atom stereocenters. The number of anilines is 1. The van der Waals surface area contributed by atoms with Crippen LogP contribution in [0.15, 0.2) is 40.9 Å². The second-order valence-electron chi connectivity index (χ2n) is 4.40. The van der Waals surface area contributed by atoms with Crippen molar-refractivity contribution in [3.63, 3.8) is 0 Å². The summed E-state index contributed by atoms with van der Waals surface area (Å²) in [6, 6.07) is 10.2. The number of aryl methyl sites for hydroxylation is 1. The average Bonchev–Trinajstić information content (AvgIpc) is 3.06. The van der Waals surface area contributed by atoms with Gasteiger partial charge >= 0.3 is 0 Å². The molecule has 0 spiro atoms. The Kier molecular flexibility index (Phi) is 3.28. The Balaban J connectivity index is 2.11. The van der Waals surface area contributed by atoms with Crippen molar-refractivity contribution in [2.24, 2.45) is 0 Å². The molecule has 0 amide bonds. The fraction of sp³-hybridized carbons (Fsp3) is 0.133. The highest BCUT2D eigenvalue weighted by Gasteiger charge is 2.18. The maximum Gasteiger partial charge on any atom is 0.230 e. The van der Waals surface area contributed by atoms with Crippen LogP contribution in [0.4, 0.5) is 10.3 Å². The van der Waals surface area contributed by atoms with Gasteiger partial charge in [0.2, 0.25) is 5.88 Å². The van der Waals surface area contributed by atoms with Gasteiger partial charge in [-0.25, -0.2) is 4.39 Å². The fourth-order valence-electron chi connectivity index (χ4n) is 2.06. The van der Waals surface area contributed by atoms with E-state index < -0.39 is 0 Å². The molecule has 0 radical (unpaired) electrons. The summed E-state index contributed by atoms with van der Waals surface area (Å²) in [5, 5.41) is 4.05. The molecule has 1 aromatic carbocycles. The molecule has 0 atom stereocenters. The zero-order valence-corrected chi connectivity index (χ0v) is 11.7. The smallest absolute Gasteiger partial charge is 0.230 e. The van der Waals surface area contributed by atoms with Crippen molar-refractivity contribution in [1.29, 1.82) is 0 Å². The molecule has 5 heteroatoms. The van der Waals surface area contributed by atoms with Gasteiger partial charge in [-0.15, -0.1) is 11.3 Å². The number of thiophene rings is 1. The van der Waals surface area contributed by atoms with Crippen LogP contribution >= 0.6 is 11.3 Å². The summed E-state index contributed by atoms with van der Waals surface area (Å²) < 4.78 is 18.2. The monoisotopic (exact) mass is 288 g/mol. The summed E-state index contributed by atoms with van der Waals surface area (Å²) in [5.41, 5.74) is 8.09. The highest BCUT2D eigenvalue weighted by molar-refractivity contribution is 7.15. The molecule has 20 heavy (non-hydrogen) atoms. The molecule has 2 heterocycles. The minimum atomic E-state index is -0.283. The van der Waals surface area contributed by atoms with Crippen molar-refractivity contribution in [2.75, 3.05) is 5.73 Å². The number of rotatable bonds is 3. The van der Waals surface area contributed by atoms with Crippen LogP contribution in [-0.2, 0) is 6.42 Å². The van der Waals surface area contributed by atoms with E-state index in [1.807, 2.05) is 6.07 Å². The topological polar surface area (TPSA) is 52.0 Å². The van der Waals surface area contributed by atoms with Gasteiger partial charge in [0.15, 0.2) is 0 Å². The molecule has 0 bridgehead atoms. The van der Waals surface area contributed by atoms with E-state index in [-0.39, 0.29) is 11.7 Å². The van der Waals surface area contributed by atoms with Gasteiger partial charge in [-0.3, -0.25) is 0 Å². The lowest BCUT2D eigenvalue weighted by Gasteiger charge is -2.01. The van der Waals surface area contributed by atoms with E-state index in [1.165, 1.54) is 17.0 Å². The Labute approximate surface area is 119 Å². The largest absolute Gasteiger partial charge is 0.367 e. The predicted molar refractivity (Wildman–Crippen MR) is 79.0 cm³/mol. The molecule has 0 aliphatic carbocycles. The minimum absolute atomic E-state index is 0.248. The van der Waals surface area contributed by atoms with Crippen molar-refractivity contribution in [1.82, 2.24) is 5.16 Å². The summed E-state index contributed by atoms with van der Waals surface area (Å²) in [5.74, 6) is -0.0345. The van der Waals surface area contributed by atoms with E-state index in [4.69, 9.17) is 10.3 Å². The first-order chi connectivity index (χ1) is 9.69. The van der Waals surface area contributed by atoms with E-state index in [0.29, 0.717) is 5.69 Å². The molecule has 3 aromatic rings. The number of nitrogens with zero attached hydrogens (tertiary/aromatic N) is 1. The molecular weight excluding hydrogens is 275 g/mol. The molecule has 3 rings (SSSR count). The lowest BCUT2D eigenvalue weighted by Crippen LogP contribution is -1.87. The maximum atomic E-state index is 13.0. The molecule has 0 saturated carbocycles. The van der Waals surface area contributed by atoms with E-state index in [0.717, 1.165) is 22.4 Å². The molecule has 0 aliphatic rings. The molecular formula is C15H13FN2OS. The van der Waals surface area contributed by atoms with Gasteiger partial charge < -0.3 is 10.3 Å².